The Bertz CT molecular complexity index is 819. The standard InChI is InChI=1S/C21H26N4O3/c1-16-5-2-3-6-17(16)15-23-21(27)19-8-4-7-18(24-19)20(26)22-9-10-25-11-13-28-14-12-25/h2-8H,9-15H2,1H3,(H,22,26)(H,23,27). The number of morpholine rings is 1. The van der Waals surface area contributed by atoms with E-state index in [1.54, 1.807) is 18.2 Å². The summed E-state index contributed by atoms with van der Waals surface area (Å²) in [7, 11) is 0. The molecule has 2 amide bonds. The summed E-state index contributed by atoms with van der Waals surface area (Å²) in [5, 5.41) is 5.72. The van der Waals surface area contributed by atoms with Gasteiger partial charge in [0.15, 0.2) is 0 Å². The normalized spacial score (nSPS) is 14.5. The SMILES string of the molecule is Cc1ccccc1CNC(=O)c1cccc(C(=O)NCCN2CCOCC2)n1. The largest absolute Gasteiger partial charge is 0.379 e. The molecule has 0 bridgehead atoms. The molecule has 0 radical (unpaired) electrons. The average molecular weight is 382 g/mol. The van der Waals surface area contributed by atoms with Crippen molar-refractivity contribution in [2.75, 3.05) is 39.4 Å². The van der Waals surface area contributed by atoms with Gasteiger partial charge in [0.05, 0.1) is 13.2 Å². The van der Waals surface area contributed by atoms with Crippen LogP contribution in [0.4, 0.5) is 0 Å². The van der Waals surface area contributed by atoms with E-state index in [2.05, 4.69) is 20.5 Å². The number of carbonyl (C=O) groups excluding carboxylic acids is 2. The predicted octanol–water partition coefficient (Wildman–Crippen LogP) is 1.38. The number of aromatic nitrogens is 1. The Hall–Kier alpha value is -2.77. The van der Waals surface area contributed by atoms with Gasteiger partial charge in [0.25, 0.3) is 11.8 Å². The number of rotatable bonds is 7. The highest BCUT2D eigenvalue weighted by Gasteiger charge is 2.14. The van der Waals surface area contributed by atoms with E-state index in [0.717, 1.165) is 44.0 Å². The number of pyridine rings is 1. The van der Waals surface area contributed by atoms with Crippen molar-refractivity contribution < 1.29 is 14.3 Å². The maximum atomic E-state index is 12.4. The van der Waals surface area contributed by atoms with Gasteiger partial charge in [-0.05, 0) is 30.2 Å². The number of ether oxygens (including phenoxy) is 1. The molecule has 1 saturated heterocycles. The van der Waals surface area contributed by atoms with Gasteiger partial charge in [-0.1, -0.05) is 30.3 Å². The summed E-state index contributed by atoms with van der Waals surface area (Å²) in [6.07, 6.45) is 0. The van der Waals surface area contributed by atoms with E-state index in [9.17, 15) is 9.59 Å². The molecule has 0 atom stereocenters. The number of hydrogen-bond acceptors (Lipinski definition) is 5. The van der Waals surface area contributed by atoms with Crippen molar-refractivity contribution in [3.63, 3.8) is 0 Å². The van der Waals surface area contributed by atoms with Crippen LogP contribution in [0, 0.1) is 6.92 Å². The molecule has 0 aliphatic carbocycles. The summed E-state index contributed by atoms with van der Waals surface area (Å²) in [5.74, 6) is -0.576. The molecule has 1 aromatic heterocycles. The molecule has 7 nitrogen and oxygen atoms in total. The monoisotopic (exact) mass is 382 g/mol. The minimum Gasteiger partial charge on any atom is -0.379 e. The summed E-state index contributed by atoms with van der Waals surface area (Å²) in [6, 6.07) is 12.8. The molecule has 148 valence electrons. The maximum absolute atomic E-state index is 12.4. The number of benzene rings is 1. The zero-order valence-corrected chi connectivity index (χ0v) is 16.1. The smallest absolute Gasteiger partial charge is 0.270 e. The van der Waals surface area contributed by atoms with Crippen LogP contribution in [-0.2, 0) is 11.3 Å². The average Bonchev–Trinajstić information content (AvgIpc) is 2.74. The van der Waals surface area contributed by atoms with Crippen LogP contribution in [0.1, 0.15) is 32.1 Å². The van der Waals surface area contributed by atoms with Crippen LogP contribution in [0.15, 0.2) is 42.5 Å². The highest BCUT2D eigenvalue weighted by atomic mass is 16.5. The van der Waals surface area contributed by atoms with Crippen molar-refractivity contribution in [2.24, 2.45) is 0 Å². The van der Waals surface area contributed by atoms with E-state index in [4.69, 9.17) is 4.74 Å². The fourth-order valence-corrected chi connectivity index (χ4v) is 3.00. The fraction of sp³-hybridized carbons (Fsp3) is 0.381. The van der Waals surface area contributed by atoms with Crippen molar-refractivity contribution >= 4 is 11.8 Å². The Morgan fingerprint density at radius 3 is 2.39 bits per heavy atom. The zero-order valence-electron chi connectivity index (χ0n) is 16.1. The van der Waals surface area contributed by atoms with Crippen molar-refractivity contribution in [3.8, 4) is 0 Å². The molecule has 3 rings (SSSR count). The molecule has 1 fully saturated rings. The molecule has 1 aliphatic rings. The van der Waals surface area contributed by atoms with Gasteiger partial charge in [-0.25, -0.2) is 4.98 Å². The van der Waals surface area contributed by atoms with Gasteiger partial charge in [-0.15, -0.1) is 0 Å². The Balaban J connectivity index is 1.51. The molecule has 2 N–H and O–H groups in total. The predicted molar refractivity (Wildman–Crippen MR) is 106 cm³/mol. The van der Waals surface area contributed by atoms with Crippen molar-refractivity contribution in [3.05, 3.63) is 65.0 Å². The minimum atomic E-state index is -0.300. The van der Waals surface area contributed by atoms with Gasteiger partial charge >= 0.3 is 0 Å². The molecule has 2 heterocycles. The van der Waals surface area contributed by atoms with Gasteiger partial charge in [-0.3, -0.25) is 14.5 Å². The quantitative estimate of drug-likeness (QED) is 0.756. The Morgan fingerprint density at radius 1 is 1.00 bits per heavy atom. The lowest BCUT2D eigenvalue weighted by Crippen LogP contribution is -2.41. The highest BCUT2D eigenvalue weighted by molar-refractivity contribution is 5.96. The second-order valence-electron chi connectivity index (χ2n) is 6.73. The summed E-state index contributed by atoms with van der Waals surface area (Å²) >= 11 is 0. The number of nitrogens with one attached hydrogen (secondary N) is 2. The Morgan fingerprint density at radius 2 is 1.68 bits per heavy atom. The summed E-state index contributed by atoms with van der Waals surface area (Å²) in [6.45, 7) is 6.94. The number of carbonyl (C=O) groups is 2. The molecule has 0 unspecified atom stereocenters. The van der Waals surface area contributed by atoms with Crippen LogP contribution >= 0.6 is 0 Å². The van der Waals surface area contributed by atoms with Crippen LogP contribution in [0.5, 0.6) is 0 Å². The second kappa shape index (κ2) is 9.96. The first kappa shape index (κ1) is 20.0. The molecule has 2 aromatic rings. The van der Waals surface area contributed by atoms with E-state index < -0.39 is 0 Å². The van der Waals surface area contributed by atoms with Crippen LogP contribution in [0.3, 0.4) is 0 Å². The van der Waals surface area contributed by atoms with Gasteiger partial charge in [0.2, 0.25) is 0 Å². The Kier molecular flexibility index (Phi) is 7.11. The topological polar surface area (TPSA) is 83.6 Å². The summed E-state index contributed by atoms with van der Waals surface area (Å²) in [5.41, 5.74) is 2.64. The van der Waals surface area contributed by atoms with Crippen LogP contribution in [-0.4, -0.2) is 61.1 Å². The first-order valence-electron chi connectivity index (χ1n) is 9.51. The van der Waals surface area contributed by atoms with Crippen LogP contribution in [0.2, 0.25) is 0 Å². The van der Waals surface area contributed by atoms with Crippen molar-refractivity contribution in [1.82, 2.24) is 20.5 Å². The van der Waals surface area contributed by atoms with E-state index in [1.165, 1.54) is 0 Å². The van der Waals surface area contributed by atoms with Crippen LogP contribution < -0.4 is 10.6 Å². The number of nitrogens with zero attached hydrogens (tertiary/aromatic N) is 2. The highest BCUT2D eigenvalue weighted by Crippen LogP contribution is 2.07. The fourth-order valence-electron chi connectivity index (χ4n) is 3.00. The van der Waals surface area contributed by atoms with Crippen molar-refractivity contribution in [1.29, 1.82) is 0 Å². The maximum Gasteiger partial charge on any atom is 0.270 e. The summed E-state index contributed by atoms with van der Waals surface area (Å²) in [4.78, 5) is 31.2. The molecule has 1 aromatic carbocycles. The van der Waals surface area contributed by atoms with E-state index in [1.807, 2.05) is 31.2 Å². The molecule has 0 saturated carbocycles. The first-order chi connectivity index (χ1) is 13.6. The lowest BCUT2D eigenvalue weighted by atomic mass is 10.1. The molecule has 1 aliphatic heterocycles. The molecule has 0 spiro atoms. The van der Waals surface area contributed by atoms with E-state index in [-0.39, 0.29) is 23.2 Å². The van der Waals surface area contributed by atoms with E-state index >= 15 is 0 Å². The molecule has 28 heavy (non-hydrogen) atoms. The molecular formula is C21H26N4O3. The van der Waals surface area contributed by atoms with Gasteiger partial charge in [0, 0.05) is 32.7 Å². The van der Waals surface area contributed by atoms with Gasteiger partial charge in [0.1, 0.15) is 11.4 Å². The van der Waals surface area contributed by atoms with Gasteiger partial charge < -0.3 is 15.4 Å². The zero-order chi connectivity index (χ0) is 19.8. The number of amides is 2. The van der Waals surface area contributed by atoms with Crippen LogP contribution in [0.25, 0.3) is 0 Å². The third-order valence-corrected chi connectivity index (χ3v) is 4.73. The first-order valence-corrected chi connectivity index (χ1v) is 9.51. The molecular weight excluding hydrogens is 356 g/mol. The summed E-state index contributed by atoms with van der Waals surface area (Å²) < 4.78 is 5.31. The van der Waals surface area contributed by atoms with E-state index in [0.29, 0.717) is 13.1 Å². The van der Waals surface area contributed by atoms with Gasteiger partial charge in [-0.2, -0.15) is 0 Å². The third-order valence-electron chi connectivity index (χ3n) is 4.73. The third kappa shape index (κ3) is 5.61. The lowest BCUT2D eigenvalue weighted by Gasteiger charge is -2.26. The number of hydrogen-bond donors (Lipinski definition) is 2. The lowest BCUT2D eigenvalue weighted by molar-refractivity contribution is 0.0383. The second-order valence-corrected chi connectivity index (χ2v) is 6.73. The molecule has 7 heteroatoms. The van der Waals surface area contributed by atoms with Crippen molar-refractivity contribution in [2.45, 2.75) is 13.5 Å². The minimum absolute atomic E-state index is 0.231. The Labute approximate surface area is 165 Å². The number of aryl methyl sites for hydroxylation is 1.